The first-order valence-corrected chi connectivity index (χ1v) is 6.38. The van der Waals surface area contributed by atoms with Crippen molar-refractivity contribution in [2.45, 2.75) is 19.0 Å². The van der Waals surface area contributed by atoms with E-state index in [-0.39, 0.29) is 11.5 Å². The van der Waals surface area contributed by atoms with Crippen LogP contribution in [0.1, 0.15) is 28.8 Å². The highest BCUT2D eigenvalue weighted by molar-refractivity contribution is 5.98. The number of piperidine rings is 1. The van der Waals surface area contributed by atoms with E-state index in [0.717, 1.165) is 25.2 Å². The van der Waals surface area contributed by atoms with Crippen LogP contribution in [0.3, 0.4) is 0 Å². The predicted octanol–water partition coefficient (Wildman–Crippen LogP) is 3.37. The number of alkyl halides is 3. The van der Waals surface area contributed by atoms with Crippen LogP contribution in [-0.4, -0.2) is 30.8 Å². The summed E-state index contributed by atoms with van der Waals surface area (Å²) in [7, 11) is 1.93. The van der Waals surface area contributed by atoms with Crippen molar-refractivity contribution in [3.8, 4) is 0 Å². The van der Waals surface area contributed by atoms with Crippen LogP contribution in [0.4, 0.5) is 17.6 Å². The van der Waals surface area contributed by atoms with Crippen molar-refractivity contribution >= 4 is 5.78 Å². The lowest BCUT2D eigenvalue weighted by atomic mass is 9.88. The largest absolute Gasteiger partial charge is 0.416 e. The molecule has 0 N–H and O–H groups in total. The highest BCUT2D eigenvalue weighted by Gasteiger charge is 2.32. The van der Waals surface area contributed by atoms with E-state index in [1.165, 1.54) is 0 Å². The van der Waals surface area contributed by atoms with Crippen LogP contribution in [0.2, 0.25) is 0 Å². The molecule has 0 amide bonds. The summed E-state index contributed by atoms with van der Waals surface area (Å²) in [4.78, 5) is 14.2. The summed E-state index contributed by atoms with van der Waals surface area (Å²) < 4.78 is 51.1. The van der Waals surface area contributed by atoms with Crippen molar-refractivity contribution < 1.29 is 22.4 Å². The van der Waals surface area contributed by atoms with Gasteiger partial charge in [-0.2, -0.15) is 13.2 Å². The molecule has 0 spiro atoms. The van der Waals surface area contributed by atoms with Crippen LogP contribution in [0.25, 0.3) is 0 Å². The Bertz CT molecular complexity index is 504. The molecule has 1 saturated heterocycles. The second-order valence-corrected chi connectivity index (χ2v) is 5.13. The van der Waals surface area contributed by atoms with Crippen LogP contribution >= 0.6 is 0 Å². The molecule has 0 unspecified atom stereocenters. The van der Waals surface area contributed by atoms with Crippen molar-refractivity contribution in [3.63, 3.8) is 0 Å². The molecule has 1 fully saturated rings. The molecule has 0 saturated carbocycles. The number of carbonyl (C=O) groups excluding carboxylic acids is 1. The lowest BCUT2D eigenvalue weighted by Crippen LogP contribution is -2.33. The quantitative estimate of drug-likeness (QED) is 0.614. The summed E-state index contributed by atoms with van der Waals surface area (Å²) in [6, 6.07) is 2.09. The van der Waals surface area contributed by atoms with Crippen LogP contribution < -0.4 is 0 Å². The Morgan fingerprint density at radius 3 is 2.35 bits per heavy atom. The summed E-state index contributed by atoms with van der Waals surface area (Å²) in [6.45, 7) is 1.47. The third-order valence-corrected chi connectivity index (χ3v) is 3.65. The van der Waals surface area contributed by atoms with E-state index < -0.39 is 23.3 Å². The van der Waals surface area contributed by atoms with Gasteiger partial charge in [0.25, 0.3) is 0 Å². The standard InChI is InChI=1S/C14H15F4NO/c1-19-6-4-9(5-7-19)13(20)11-3-2-10(8-12(11)15)14(16,17)18/h2-3,8-9H,4-7H2,1H3. The minimum atomic E-state index is -4.60. The van der Waals surface area contributed by atoms with Gasteiger partial charge >= 0.3 is 6.18 Å². The van der Waals surface area contributed by atoms with Gasteiger partial charge in [0.15, 0.2) is 5.78 Å². The number of rotatable bonds is 2. The summed E-state index contributed by atoms with van der Waals surface area (Å²) in [5, 5.41) is 0. The Labute approximate surface area is 114 Å². The third-order valence-electron chi connectivity index (χ3n) is 3.65. The van der Waals surface area contributed by atoms with Gasteiger partial charge in [-0.1, -0.05) is 0 Å². The minimum absolute atomic E-state index is 0.243. The minimum Gasteiger partial charge on any atom is -0.306 e. The predicted molar refractivity (Wildman–Crippen MR) is 66.0 cm³/mol. The summed E-state index contributed by atoms with van der Waals surface area (Å²) >= 11 is 0. The fourth-order valence-corrected chi connectivity index (χ4v) is 2.38. The Hall–Kier alpha value is -1.43. The molecule has 0 atom stereocenters. The van der Waals surface area contributed by atoms with Gasteiger partial charge in [-0.05, 0) is 51.2 Å². The van der Waals surface area contributed by atoms with Gasteiger partial charge in [-0.3, -0.25) is 4.79 Å². The smallest absolute Gasteiger partial charge is 0.306 e. The average Bonchev–Trinajstić information content (AvgIpc) is 2.37. The molecule has 0 aromatic heterocycles. The number of halogens is 4. The molecule has 2 rings (SSSR count). The molecule has 1 aliphatic rings. The molecule has 20 heavy (non-hydrogen) atoms. The number of likely N-dealkylation sites (tertiary alicyclic amines) is 1. The molecule has 0 bridgehead atoms. The number of hydrogen-bond donors (Lipinski definition) is 0. The highest BCUT2D eigenvalue weighted by atomic mass is 19.4. The lowest BCUT2D eigenvalue weighted by molar-refractivity contribution is -0.137. The first-order chi connectivity index (χ1) is 9.29. The van der Waals surface area contributed by atoms with Crippen molar-refractivity contribution in [3.05, 3.63) is 35.1 Å². The maximum Gasteiger partial charge on any atom is 0.416 e. The fraction of sp³-hybridized carbons (Fsp3) is 0.500. The van der Waals surface area contributed by atoms with Crippen LogP contribution in [0.5, 0.6) is 0 Å². The zero-order valence-corrected chi connectivity index (χ0v) is 11.0. The van der Waals surface area contributed by atoms with Gasteiger partial charge in [0.2, 0.25) is 0 Å². The van der Waals surface area contributed by atoms with Crippen LogP contribution in [-0.2, 0) is 6.18 Å². The van der Waals surface area contributed by atoms with Crippen molar-refractivity contribution in [2.75, 3.05) is 20.1 Å². The second-order valence-electron chi connectivity index (χ2n) is 5.13. The lowest BCUT2D eigenvalue weighted by Gasteiger charge is -2.28. The number of hydrogen-bond acceptors (Lipinski definition) is 2. The molecule has 2 nitrogen and oxygen atoms in total. The molecular formula is C14H15F4NO. The molecule has 1 aromatic carbocycles. The molecule has 110 valence electrons. The fourth-order valence-electron chi connectivity index (χ4n) is 2.38. The summed E-state index contributed by atoms with van der Waals surface area (Å²) in [6.07, 6.45) is -3.39. The van der Waals surface area contributed by atoms with Crippen molar-refractivity contribution in [1.82, 2.24) is 4.90 Å². The van der Waals surface area contributed by atoms with Crippen molar-refractivity contribution in [1.29, 1.82) is 0 Å². The van der Waals surface area contributed by atoms with E-state index in [1.54, 1.807) is 0 Å². The summed E-state index contributed by atoms with van der Waals surface area (Å²) in [5.41, 5.74) is -1.32. The number of carbonyl (C=O) groups is 1. The first-order valence-electron chi connectivity index (χ1n) is 6.38. The molecule has 0 aliphatic carbocycles. The molecule has 1 aliphatic heterocycles. The van der Waals surface area contributed by atoms with Crippen molar-refractivity contribution in [2.24, 2.45) is 5.92 Å². The third kappa shape index (κ3) is 3.17. The zero-order chi connectivity index (χ0) is 14.9. The zero-order valence-electron chi connectivity index (χ0n) is 11.0. The Morgan fingerprint density at radius 2 is 1.85 bits per heavy atom. The average molecular weight is 289 g/mol. The Kier molecular flexibility index (Phi) is 4.13. The Morgan fingerprint density at radius 1 is 1.25 bits per heavy atom. The maximum absolute atomic E-state index is 13.7. The number of benzene rings is 1. The molecule has 0 radical (unpaired) electrons. The van der Waals surface area contributed by atoms with E-state index in [0.29, 0.717) is 18.9 Å². The monoisotopic (exact) mass is 289 g/mol. The van der Waals surface area contributed by atoms with Gasteiger partial charge < -0.3 is 4.90 Å². The number of nitrogens with zero attached hydrogens (tertiary/aromatic N) is 1. The van der Waals surface area contributed by atoms with Gasteiger partial charge in [0.05, 0.1) is 11.1 Å². The second kappa shape index (κ2) is 5.52. The topological polar surface area (TPSA) is 20.3 Å². The van der Waals surface area contributed by atoms with Gasteiger partial charge in [-0.15, -0.1) is 0 Å². The van der Waals surface area contributed by atoms with E-state index in [9.17, 15) is 22.4 Å². The number of Topliss-reactive ketones (excluding diaryl/α,β-unsaturated/α-hetero) is 1. The van der Waals surface area contributed by atoms with Gasteiger partial charge in [0.1, 0.15) is 5.82 Å². The summed E-state index contributed by atoms with van der Waals surface area (Å²) in [5.74, 6) is -1.80. The normalized spacial score (nSPS) is 18.2. The van der Waals surface area contributed by atoms with Crippen LogP contribution in [0.15, 0.2) is 18.2 Å². The molecule has 1 heterocycles. The van der Waals surface area contributed by atoms with Crippen LogP contribution in [0, 0.1) is 11.7 Å². The molecule has 6 heteroatoms. The molecular weight excluding hydrogens is 274 g/mol. The van der Waals surface area contributed by atoms with Gasteiger partial charge in [0, 0.05) is 5.92 Å². The van der Waals surface area contributed by atoms with E-state index in [1.807, 2.05) is 7.05 Å². The van der Waals surface area contributed by atoms with E-state index in [4.69, 9.17) is 0 Å². The number of ketones is 1. The SMILES string of the molecule is CN1CCC(C(=O)c2ccc(C(F)(F)F)cc2F)CC1. The highest BCUT2D eigenvalue weighted by Crippen LogP contribution is 2.31. The van der Waals surface area contributed by atoms with E-state index in [2.05, 4.69) is 4.90 Å². The van der Waals surface area contributed by atoms with E-state index >= 15 is 0 Å². The first kappa shape index (κ1) is 15.0. The maximum atomic E-state index is 13.7. The van der Waals surface area contributed by atoms with Gasteiger partial charge in [-0.25, -0.2) is 4.39 Å². The Balaban J connectivity index is 2.19. The molecule has 1 aromatic rings.